The van der Waals surface area contributed by atoms with Crippen LogP contribution in [0.4, 0.5) is 5.82 Å². The van der Waals surface area contributed by atoms with Crippen molar-refractivity contribution in [2.24, 2.45) is 0 Å². The fourth-order valence-electron chi connectivity index (χ4n) is 3.54. The zero-order chi connectivity index (χ0) is 20.2. The molecule has 29 heavy (non-hydrogen) atoms. The number of nitrogens with zero attached hydrogens (tertiary/aromatic N) is 4. The zero-order valence-corrected chi connectivity index (χ0v) is 16.4. The van der Waals surface area contributed by atoms with Crippen LogP contribution >= 0.6 is 7.82 Å². The summed E-state index contributed by atoms with van der Waals surface area (Å²) < 4.78 is 24.4. The Balaban J connectivity index is 1.58. The maximum atomic E-state index is 10.9. The van der Waals surface area contributed by atoms with E-state index < -0.39 is 32.4 Å². The molecule has 2 aliphatic heterocycles. The van der Waals surface area contributed by atoms with Crippen molar-refractivity contribution in [3.05, 3.63) is 36.7 Å². The van der Waals surface area contributed by atoms with E-state index in [1.54, 1.807) is 12.1 Å². The number of nitrogen functional groups attached to an aromatic ring is 1. The first-order chi connectivity index (χ1) is 13.9. The summed E-state index contributed by atoms with van der Waals surface area (Å²) in [5.41, 5.74) is 6.63. The van der Waals surface area contributed by atoms with Crippen molar-refractivity contribution in [3.63, 3.8) is 0 Å². The Morgan fingerprint density at radius 3 is 2.86 bits per heavy atom. The van der Waals surface area contributed by atoms with E-state index in [0.717, 1.165) is 0 Å². The van der Waals surface area contributed by atoms with E-state index in [-0.39, 0.29) is 18.4 Å². The van der Waals surface area contributed by atoms with E-state index in [4.69, 9.17) is 24.3 Å². The van der Waals surface area contributed by atoms with Crippen molar-refractivity contribution in [2.75, 3.05) is 12.3 Å². The predicted molar refractivity (Wildman–Crippen MR) is 106 cm³/mol. The maximum absolute atomic E-state index is 10.9. The van der Waals surface area contributed by atoms with Crippen LogP contribution in [-0.2, 0) is 13.8 Å². The van der Waals surface area contributed by atoms with Crippen molar-refractivity contribution in [3.8, 4) is 11.8 Å². The molecule has 1 aromatic carbocycles. The normalized spacial score (nSPS) is 29.4. The molecule has 0 aliphatic carbocycles. The Labute approximate surface area is 166 Å². The van der Waals surface area contributed by atoms with Crippen LogP contribution in [0.5, 0.6) is 11.8 Å². The molecule has 0 saturated carbocycles. The number of para-hydroxylation sites is 1. The van der Waals surface area contributed by atoms with Gasteiger partial charge >= 0.3 is 166 Å². The number of aliphatic hydroxyl groups is 1. The fourth-order valence-corrected chi connectivity index (χ4v) is 4.88. The molecular formula is C16H19BN5O6P. The van der Waals surface area contributed by atoms with Crippen LogP contribution in [0.2, 0.25) is 0 Å². The topological polar surface area (TPSA) is 147 Å². The van der Waals surface area contributed by atoms with Gasteiger partial charge in [-0.3, -0.25) is 0 Å². The summed E-state index contributed by atoms with van der Waals surface area (Å²) in [5.74, 6) is 0.710. The molecule has 2 aromatic heterocycles. The molecule has 2 aliphatic rings. The van der Waals surface area contributed by atoms with Crippen molar-refractivity contribution in [2.45, 2.75) is 24.5 Å². The predicted octanol–water partition coefficient (Wildman–Crippen LogP) is -0.0902. The van der Waals surface area contributed by atoms with Gasteiger partial charge in [-0.1, -0.05) is 0 Å². The van der Waals surface area contributed by atoms with Crippen LogP contribution in [0.1, 0.15) is 6.23 Å². The molecule has 4 heterocycles. The molecule has 3 aromatic rings. The number of hydrogen-bond donors (Lipinski definition) is 3. The minimum atomic E-state index is -3.31. The van der Waals surface area contributed by atoms with Crippen LogP contribution in [0, 0.1) is 0 Å². The molecule has 0 amide bonds. The van der Waals surface area contributed by atoms with Gasteiger partial charge in [-0.2, -0.15) is 0 Å². The van der Waals surface area contributed by atoms with Crippen LogP contribution in [0.3, 0.4) is 0 Å². The molecule has 1 unspecified atom stereocenters. The zero-order valence-electron chi connectivity index (χ0n) is 15.4. The van der Waals surface area contributed by atoms with Gasteiger partial charge in [-0.15, -0.1) is 0 Å². The first-order valence-electron chi connectivity index (χ1n) is 9.02. The van der Waals surface area contributed by atoms with Gasteiger partial charge < -0.3 is 0 Å². The number of nitrogens with two attached hydrogens (primary N) is 1. The first-order valence-corrected chi connectivity index (χ1v) is 11.3. The number of fused-ring (bicyclic) bond motifs is 2. The first kappa shape index (κ1) is 18.7. The standard InChI is InChI=1S/C16H19BN5O6P/c17-29(24)25-6-9-12(28-29)11(23)15(27-9)22-14-10(13(18)19-7-20-14)21-16(22)26-8-4-2-1-3-5-8/h1-5,7,9,11-12,15,23-24,29H,6,17H2,(H2,18,19,20)/t9-,11?,12-,15-/m1/s1. The van der Waals surface area contributed by atoms with E-state index in [1.165, 1.54) is 18.5 Å². The number of imidazole rings is 1. The van der Waals surface area contributed by atoms with Gasteiger partial charge in [0.2, 0.25) is 0 Å². The van der Waals surface area contributed by atoms with Crippen LogP contribution in [0.25, 0.3) is 11.2 Å². The van der Waals surface area contributed by atoms with E-state index in [0.29, 0.717) is 16.9 Å². The summed E-state index contributed by atoms with van der Waals surface area (Å²) in [6.07, 6.45) is -2.07. The Morgan fingerprint density at radius 1 is 1.28 bits per heavy atom. The van der Waals surface area contributed by atoms with Gasteiger partial charge in [-0.05, 0) is 0 Å². The van der Waals surface area contributed by atoms with Gasteiger partial charge in [0.05, 0.1) is 0 Å². The number of aliphatic hydroxyl groups excluding tert-OH is 1. The van der Waals surface area contributed by atoms with Gasteiger partial charge in [0, 0.05) is 0 Å². The van der Waals surface area contributed by atoms with E-state index in [9.17, 15) is 10.00 Å². The van der Waals surface area contributed by atoms with Gasteiger partial charge in [0.1, 0.15) is 0 Å². The third kappa shape index (κ3) is 3.23. The Kier molecular flexibility index (Phi) is 4.43. The molecule has 5 rings (SSSR count). The second kappa shape index (κ2) is 6.87. The average Bonchev–Trinajstić information content (AvgIpc) is 3.20. The van der Waals surface area contributed by atoms with Crippen molar-refractivity contribution in [1.29, 1.82) is 0 Å². The minimum absolute atomic E-state index is 0.107. The van der Waals surface area contributed by atoms with E-state index >= 15 is 0 Å². The van der Waals surface area contributed by atoms with Crippen molar-refractivity contribution < 1.29 is 28.5 Å². The molecular weight excluding hydrogens is 400 g/mol. The summed E-state index contributed by atoms with van der Waals surface area (Å²) in [6.45, 7) is 0.107. The molecule has 0 radical (unpaired) electrons. The second-order valence-corrected chi connectivity index (χ2v) is 9.28. The molecule has 4 atom stereocenters. The summed E-state index contributed by atoms with van der Waals surface area (Å²) in [7, 11) is -1.82. The average molecular weight is 419 g/mol. The van der Waals surface area contributed by atoms with Gasteiger partial charge in [-0.25, -0.2) is 0 Å². The number of hydrogen-bond acceptors (Lipinski definition) is 10. The summed E-state index contributed by atoms with van der Waals surface area (Å²) in [4.78, 5) is 22.8. The number of ether oxygens (including phenoxy) is 2. The summed E-state index contributed by atoms with van der Waals surface area (Å²) >= 11 is 0. The number of rotatable bonds is 3. The monoisotopic (exact) mass is 419 g/mol. The third-order valence-corrected chi connectivity index (χ3v) is 6.27. The number of aromatic nitrogens is 4. The molecule has 11 nitrogen and oxygen atoms in total. The van der Waals surface area contributed by atoms with Crippen molar-refractivity contribution in [1.82, 2.24) is 19.5 Å². The quantitative estimate of drug-likeness (QED) is 0.389. The molecule has 2 fully saturated rings. The van der Waals surface area contributed by atoms with E-state index in [1.807, 2.05) is 18.2 Å². The Morgan fingerprint density at radius 2 is 2.07 bits per heavy atom. The molecule has 4 N–H and O–H groups in total. The molecule has 2 saturated heterocycles. The van der Waals surface area contributed by atoms with Crippen LogP contribution in [0.15, 0.2) is 36.7 Å². The summed E-state index contributed by atoms with van der Waals surface area (Å²) in [5, 5.41) is 10.9. The van der Waals surface area contributed by atoms with Gasteiger partial charge in [0.15, 0.2) is 0 Å². The van der Waals surface area contributed by atoms with Crippen LogP contribution in [-0.4, -0.2) is 62.0 Å². The molecule has 13 heteroatoms. The van der Waals surface area contributed by atoms with Crippen LogP contribution < -0.4 is 10.5 Å². The molecule has 0 spiro atoms. The molecule has 152 valence electrons. The third-order valence-electron chi connectivity index (χ3n) is 4.86. The number of benzene rings is 1. The number of anilines is 1. The second-order valence-electron chi connectivity index (χ2n) is 6.96. The summed E-state index contributed by atoms with van der Waals surface area (Å²) in [6, 6.07) is 9.18. The SMILES string of the molecule is B[PH]1(O)OC[C@H]2O[C@@H](n3c(Oc4ccccc4)nc4c(N)ncnc43)C(O)[C@@H]2O1. The van der Waals surface area contributed by atoms with E-state index in [2.05, 4.69) is 15.0 Å². The molecule has 0 bridgehead atoms. The van der Waals surface area contributed by atoms with Gasteiger partial charge in [0.25, 0.3) is 0 Å². The Bertz CT molecular complexity index is 1050. The Hall–Kier alpha value is -2.34. The van der Waals surface area contributed by atoms with Crippen molar-refractivity contribution >= 4 is 32.4 Å². The fraction of sp³-hybridized carbons (Fsp3) is 0.312.